The lowest BCUT2D eigenvalue weighted by Crippen LogP contribution is -2.16. The van der Waals surface area contributed by atoms with Crippen LogP contribution in [0.1, 0.15) is 31.5 Å². The van der Waals surface area contributed by atoms with Crippen molar-refractivity contribution in [1.82, 2.24) is 9.78 Å². The zero-order valence-electron chi connectivity index (χ0n) is 10.0. The van der Waals surface area contributed by atoms with Crippen LogP contribution in [0.5, 0.6) is 0 Å². The Morgan fingerprint density at radius 1 is 1.62 bits per heavy atom. The van der Waals surface area contributed by atoms with Gasteiger partial charge in [0.05, 0.1) is 5.69 Å². The van der Waals surface area contributed by atoms with Crippen LogP contribution in [-0.2, 0) is 11.8 Å². The van der Waals surface area contributed by atoms with Crippen molar-refractivity contribution in [1.29, 1.82) is 5.26 Å². The predicted octanol–water partition coefficient (Wildman–Crippen LogP) is 1.58. The Bertz CT molecular complexity index is 440. The number of anilines is 1. The summed E-state index contributed by atoms with van der Waals surface area (Å²) in [4.78, 5) is 11.6. The second-order valence-corrected chi connectivity index (χ2v) is 4.19. The molecule has 0 spiro atoms. The average molecular weight is 220 g/mol. The number of hydrogen-bond donors (Lipinski definition) is 1. The molecular formula is C11H16N4O. The Hall–Kier alpha value is -1.83. The maximum absolute atomic E-state index is 11.6. The molecule has 0 saturated heterocycles. The number of nitriles is 1. The van der Waals surface area contributed by atoms with Crippen LogP contribution < -0.4 is 5.32 Å². The van der Waals surface area contributed by atoms with Crippen LogP contribution in [0.3, 0.4) is 0 Å². The summed E-state index contributed by atoms with van der Waals surface area (Å²) in [6, 6.07) is 2.05. The van der Waals surface area contributed by atoms with Crippen LogP contribution in [0.2, 0.25) is 0 Å². The first kappa shape index (κ1) is 12.2. The molecule has 5 heteroatoms. The van der Waals surface area contributed by atoms with Gasteiger partial charge in [-0.05, 0) is 12.8 Å². The minimum atomic E-state index is -0.0884. The summed E-state index contributed by atoms with van der Waals surface area (Å²) in [6.45, 7) is 5.69. The molecule has 0 aliphatic heterocycles. The average Bonchev–Trinajstić information content (AvgIpc) is 2.40. The van der Waals surface area contributed by atoms with Crippen molar-refractivity contribution in [2.45, 2.75) is 27.2 Å². The fourth-order valence-corrected chi connectivity index (χ4v) is 1.49. The fraction of sp³-hybridized carbons (Fsp3) is 0.545. The highest BCUT2D eigenvalue weighted by molar-refractivity contribution is 5.91. The molecule has 1 N–H and O–H groups in total. The standard InChI is InChI=1S/C11H16N4O/c1-7(2)5-10(16)13-11-9(6-12)8(3)14-15(11)4/h7H,5H2,1-4H3,(H,13,16). The van der Waals surface area contributed by atoms with E-state index in [1.165, 1.54) is 4.68 Å². The molecule has 0 aliphatic rings. The van der Waals surface area contributed by atoms with Gasteiger partial charge in [0.2, 0.25) is 5.91 Å². The molecule has 0 atom stereocenters. The number of aryl methyl sites for hydroxylation is 2. The summed E-state index contributed by atoms with van der Waals surface area (Å²) in [7, 11) is 1.71. The maximum Gasteiger partial charge on any atom is 0.225 e. The summed E-state index contributed by atoms with van der Waals surface area (Å²) in [5.41, 5.74) is 1.06. The van der Waals surface area contributed by atoms with Gasteiger partial charge in [0.15, 0.2) is 0 Å². The molecule has 1 amide bonds. The topological polar surface area (TPSA) is 70.7 Å². The van der Waals surface area contributed by atoms with E-state index in [0.29, 0.717) is 29.4 Å². The van der Waals surface area contributed by atoms with E-state index in [1.54, 1.807) is 14.0 Å². The summed E-state index contributed by atoms with van der Waals surface area (Å²) in [5.74, 6) is 0.681. The molecule has 1 rings (SSSR count). The van der Waals surface area contributed by atoms with Gasteiger partial charge in [-0.3, -0.25) is 9.48 Å². The number of hydrogen-bond acceptors (Lipinski definition) is 3. The third kappa shape index (κ3) is 2.60. The van der Waals surface area contributed by atoms with Gasteiger partial charge < -0.3 is 5.32 Å². The molecule has 0 aromatic carbocycles. The van der Waals surface area contributed by atoms with Gasteiger partial charge in [-0.1, -0.05) is 13.8 Å². The minimum Gasteiger partial charge on any atom is -0.310 e. The first-order chi connectivity index (χ1) is 7.45. The molecule has 1 aromatic rings. The Balaban J connectivity index is 2.89. The van der Waals surface area contributed by atoms with Gasteiger partial charge in [-0.25, -0.2) is 0 Å². The molecule has 0 fully saturated rings. The molecule has 0 radical (unpaired) electrons. The van der Waals surface area contributed by atoms with Gasteiger partial charge in [0.25, 0.3) is 0 Å². The lowest BCUT2D eigenvalue weighted by Gasteiger charge is -2.07. The highest BCUT2D eigenvalue weighted by Crippen LogP contribution is 2.17. The Kier molecular flexibility index (Phi) is 3.67. The van der Waals surface area contributed by atoms with Crippen molar-refractivity contribution in [3.8, 4) is 6.07 Å². The number of carbonyl (C=O) groups is 1. The van der Waals surface area contributed by atoms with Crippen LogP contribution in [0.15, 0.2) is 0 Å². The van der Waals surface area contributed by atoms with Crippen molar-refractivity contribution in [3.05, 3.63) is 11.3 Å². The number of carbonyl (C=O) groups excluding carboxylic acids is 1. The highest BCUT2D eigenvalue weighted by atomic mass is 16.1. The first-order valence-electron chi connectivity index (χ1n) is 5.19. The van der Waals surface area contributed by atoms with Gasteiger partial charge in [-0.15, -0.1) is 0 Å². The van der Waals surface area contributed by atoms with Crippen LogP contribution in [-0.4, -0.2) is 15.7 Å². The molecule has 0 aliphatic carbocycles. The quantitative estimate of drug-likeness (QED) is 0.840. The molecule has 16 heavy (non-hydrogen) atoms. The van der Waals surface area contributed by atoms with Crippen LogP contribution in [0.4, 0.5) is 5.82 Å². The van der Waals surface area contributed by atoms with E-state index in [2.05, 4.69) is 10.4 Å². The van der Waals surface area contributed by atoms with E-state index in [-0.39, 0.29) is 5.91 Å². The molecule has 0 unspecified atom stereocenters. The number of nitrogens with one attached hydrogen (secondary N) is 1. The van der Waals surface area contributed by atoms with Crippen molar-refractivity contribution in [2.75, 3.05) is 5.32 Å². The minimum absolute atomic E-state index is 0.0884. The molecule has 5 nitrogen and oxygen atoms in total. The number of nitrogens with zero attached hydrogens (tertiary/aromatic N) is 3. The lowest BCUT2D eigenvalue weighted by atomic mass is 10.1. The third-order valence-corrected chi connectivity index (χ3v) is 2.19. The van der Waals surface area contributed by atoms with E-state index < -0.39 is 0 Å². The summed E-state index contributed by atoms with van der Waals surface area (Å²) in [5, 5.41) is 15.8. The molecule has 1 heterocycles. The molecule has 86 valence electrons. The number of amides is 1. The normalized spacial score (nSPS) is 10.2. The molecule has 1 aromatic heterocycles. The van der Waals surface area contributed by atoms with Crippen molar-refractivity contribution >= 4 is 11.7 Å². The SMILES string of the molecule is Cc1nn(C)c(NC(=O)CC(C)C)c1C#N. The zero-order chi connectivity index (χ0) is 12.3. The van der Waals surface area contributed by atoms with Crippen molar-refractivity contribution in [3.63, 3.8) is 0 Å². The Labute approximate surface area is 95.1 Å². The second kappa shape index (κ2) is 4.79. The smallest absolute Gasteiger partial charge is 0.225 e. The van der Waals surface area contributed by atoms with E-state index in [9.17, 15) is 4.79 Å². The Morgan fingerprint density at radius 3 is 2.75 bits per heavy atom. The first-order valence-corrected chi connectivity index (χ1v) is 5.19. The van der Waals surface area contributed by atoms with Gasteiger partial charge in [0.1, 0.15) is 17.5 Å². The second-order valence-electron chi connectivity index (χ2n) is 4.19. The van der Waals surface area contributed by atoms with E-state index >= 15 is 0 Å². The Morgan fingerprint density at radius 2 is 2.25 bits per heavy atom. The van der Waals surface area contributed by atoms with E-state index in [4.69, 9.17) is 5.26 Å². The summed E-state index contributed by atoms with van der Waals surface area (Å²) in [6.07, 6.45) is 0.440. The van der Waals surface area contributed by atoms with E-state index in [1.807, 2.05) is 19.9 Å². The summed E-state index contributed by atoms with van der Waals surface area (Å²) >= 11 is 0. The highest BCUT2D eigenvalue weighted by Gasteiger charge is 2.15. The number of rotatable bonds is 3. The van der Waals surface area contributed by atoms with E-state index in [0.717, 1.165) is 0 Å². The lowest BCUT2D eigenvalue weighted by molar-refractivity contribution is -0.116. The predicted molar refractivity (Wildman–Crippen MR) is 60.7 cm³/mol. The molecule has 0 saturated carbocycles. The molecule has 0 bridgehead atoms. The van der Waals surface area contributed by atoms with Gasteiger partial charge >= 0.3 is 0 Å². The fourth-order valence-electron chi connectivity index (χ4n) is 1.49. The van der Waals surface area contributed by atoms with Crippen LogP contribution in [0, 0.1) is 24.2 Å². The third-order valence-electron chi connectivity index (χ3n) is 2.19. The van der Waals surface area contributed by atoms with Crippen molar-refractivity contribution in [2.24, 2.45) is 13.0 Å². The van der Waals surface area contributed by atoms with Gasteiger partial charge in [-0.2, -0.15) is 10.4 Å². The van der Waals surface area contributed by atoms with Crippen molar-refractivity contribution < 1.29 is 4.79 Å². The largest absolute Gasteiger partial charge is 0.310 e. The maximum atomic E-state index is 11.6. The zero-order valence-corrected chi connectivity index (χ0v) is 10.0. The molecular weight excluding hydrogens is 204 g/mol. The number of aromatic nitrogens is 2. The van der Waals surface area contributed by atoms with Crippen LogP contribution in [0.25, 0.3) is 0 Å². The van der Waals surface area contributed by atoms with Gasteiger partial charge in [0, 0.05) is 13.5 Å². The summed E-state index contributed by atoms with van der Waals surface area (Å²) < 4.78 is 1.52. The van der Waals surface area contributed by atoms with Crippen LogP contribution >= 0.6 is 0 Å². The monoisotopic (exact) mass is 220 g/mol.